The molecule has 3 nitrogen and oxygen atoms in total. The quantitative estimate of drug-likeness (QED) is 0.349. The Balaban J connectivity index is 1.60. The molecule has 29 heavy (non-hydrogen) atoms. The van der Waals surface area contributed by atoms with E-state index < -0.39 is 0 Å². The van der Waals surface area contributed by atoms with Crippen LogP contribution in [0.15, 0.2) is 66.7 Å². The van der Waals surface area contributed by atoms with Gasteiger partial charge in [0, 0.05) is 12.0 Å². The zero-order chi connectivity index (χ0) is 20.6. The fourth-order valence-electron chi connectivity index (χ4n) is 3.27. The molecule has 0 radical (unpaired) electrons. The standard InChI is InChI=1S/C26H28O3/c1-4-19-6-8-21(9-7-19)11-17-26(27)29-23-14-12-22(13-15-23)24-16-10-20(5-2)18-25(24)28-3/h6-10,12-16,18H,4-5,11,17H2,1-3H3. The summed E-state index contributed by atoms with van der Waals surface area (Å²) >= 11 is 0. The molecule has 0 unspecified atom stereocenters. The van der Waals surface area contributed by atoms with E-state index in [4.69, 9.17) is 9.47 Å². The molecule has 0 heterocycles. The van der Waals surface area contributed by atoms with Crippen LogP contribution >= 0.6 is 0 Å². The van der Waals surface area contributed by atoms with Crippen molar-refractivity contribution >= 4 is 5.97 Å². The van der Waals surface area contributed by atoms with Crippen molar-refractivity contribution in [3.05, 3.63) is 83.4 Å². The highest BCUT2D eigenvalue weighted by atomic mass is 16.5. The Bertz CT molecular complexity index is 941. The lowest BCUT2D eigenvalue weighted by atomic mass is 10.0. The number of hydrogen-bond donors (Lipinski definition) is 0. The number of benzene rings is 3. The molecule has 0 spiro atoms. The second kappa shape index (κ2) is 9.92. The van der Waals surface area contributed by atoms with Crippen molar-refractivity contribution in [1.82, 2.24) is 0 Å². The summed E-state index contributed by atoms with van der Waals surface area (Å²) in [6, 6.07) is 22.2. The molecule has 150 valence electrons. The summed E-state index contributed by atoms with van der Waals surface area (Å²) in [5.74, 6) is 1.19. The van der Waals surface area contributed by atoms with Crippen molar-refractivity contribution in [2.45, 2.75) is 39.5 Å². The average molecular weight is 389 g/mol. The van der Waals surface area contributed by atoms with Crippen molar-refractivity contribution in [3.8, 4) is 22.6 Å². The van der Waals surface area contributed by atoms with Crippen LogP contribution in [0.2, 0.25) is 0 Å². The lowest BCUT2D eigenvalue weighted by molar-refractivity contribution is -0.134. The Hall–Kier alpha value is -3.07. The molecule has 0 aromatic heterocycles. The van der Waals surface area contributed by atoms with Crippen molar-refractivity contribution in [1.29, 1.82) is 0 Å². The van der Waals surface area contributed by atoms with Crippen LogP contribution in [0.4, 0.5) is 0 Å². The largest absolute Gasteiger partial charge is 0.496 e. The van der Waals surface area contributed by atoms with Gasteiger partial charge in [0.15, 0.2) is 0 Å². The number of esters is 1. The predicted octanol–water partition coefficient (Wildman–Crippen LogP) is 6.03. The molecular weight excluding hydrogens is 360 g/mol. The molecule has 3 heteroatoms. The molecule has 0 aliphatic carbocycles. The van der Waals surface area contributed by atoms with Crippen molar-refractivity contribution in [2.24, 2.45) is 0 Å². The number of carbonyl (C=O) groups is 1. The molecule has 3 aromatic rings. The minimum Gasteiger partial charge on any atom is -0.496 e. The number of rotatable bonds is 8. The van der Waals surface area contributed by atoms with E-state index in [9.17, 15) is 4.79 Å². The van der Waals surface area contributed by atoms with Crippen LogP contribution in [-0.2, 0) is 24.1 Å². The normalized spacial score (nSPS) is 10.6. The summed E-state index contributed by atoms with van der Waals surface area (Å²) in [5, 5.41) is 0. The average Bonchev–Trinajstić information content (AvgIpc) is 2.78. The molecule has 3 rings (SSSR count). The molecule has 3 aromatic carbocycles. The Kier molecular flexibility index (Phi) is 7.07. The predicted molar refractivity (Wildman–Crippen MR) is 118 cm³/mol. The molecule has 0 amide bonds. The maximum Gasteiger partial charge on any atom is 0.311 e. The topological polar surface area (TPSA) is 35.5 Å². The molecular formula is C26H28O3. The van der Waals surface area contributed by atoms with Gasteiger partial charge in [-0.25, -0.2) is 0 Å². The van der Waals surface area contributed by atoms with Crippen LogP contribution in [0.3, 0.4) is 0 Å². The van der Waals surface area contributed by atoms with Gasteiger partial charge in [0.25, 0.3) is 0 Å². The van der Waals surface area contributed by atoms with Gasteiger partial charge in [-0.3, -0.25) is 4.79 Å². The van der Waals surface area contributed by atoms with Crippen LogP contribution < -0.4 is 9.47 Å². The summed E-state index contributed by atoms with van der Waals surface area (Å²) < 4.78 is 11.0. The van der Waals surface area contributed by atoms with E-state index in [-0.39, 0.29) is 5.97 Å². The molecule has 0 bridgehead atoms. The van der Waals surface area contributed by atoms with E-state index in [1.807, 2.05) is 24.3 Å². The lowest BCUT2D eigenvalue weighted by Crippen LogP contribution is -2.09. The van der Waals surface area contributed by atoms with Crippen LogP contribution in [-0.4, -0.2) is 13.1 Å². The summed E-state index contributed by atoms with van der Waals surface area (Å²) in [5.41, 5.74) is 5.74. The fraction of sp³-hybridized carbons (Fsp3) is 0.269. The summed E-state index contributed by atoms with van der Waals surface area (Å²) in [7, 11) is 1.68. The first-order chi connectivity index (χ1) is 14.1. The van der Waals surface area contributed by atoms with Crippen LogP contribution in [0, 0.1) is 0 Å². The van der Waals surface area contributed by atoms with E-state index >= 15 is 0 Å². The maximum atomic E-state index is 12.2. The zero-order valence-corrected chi connectivity index (χ0v) is 17.4. The van der Waals surface area contributed by atoms with Crippen molar-refractivity contribution in [2.75, 3.05) is 7.11 Å². The highest BCUT2D eigenvalue weighted by Crippen LogP contribution is 2.32. The third kappa shape index (κ3) is 5.47. The summed E-state index contributed by atoms with van der Waals surface area (Å²) in [6.07, 6.45) is 3.03. The summed E-state index contributed by atoms with van der Waals surface area (Å²) in [6.45, 7) is 4.26. The highest BCUT2D eigenvalue weighted by molar-refractivity contribution is 5.74. The van der Waals surface area contributed by atoms with Gasteiger partial charge < -0.3 is 9.47 Å². The molecule has 0 atom stereocenters. The second-order valence-electron chi connectivity index (χ2n) is 7.06. The molecule has 0 aliphatic rings. The summed E-state index contributed by atoms with van der Waals surface area (Å²) in [4.78, 5) is 12.2. The maximum absolute atomic E-state index is 12.2. The number of carbonyl (C=O) groups excluding carboxylic acids is 1. The third-order valence-electron chi connectivity index (χ3n) is 5.12. The van der Waals surface area contributed by atoms with Gasteiger partial charge in [-0.2, -0.15) is 0 Å². The van der Waals surface area contributed by atoms with Gasteiger partial charge in [-0.15, -0.1) is 0 Å². The number of aryl methyl sites for hydroxylation is 3. The first-order valence-electron chi connectivity index (χ1n) is 10.2. The van der Waals surface area contributed by atoms with Crippen molar-refractivity contribution in [3.63, 3.8) is 0 Å². The number of ether oxygens (including phenoxy) is 2. The minimum atomic E-state index is -0.220. The Morgan fingerprint density at radius 2 is 1.41 bits per heavy atom. The van der Waals surface area contributed by atoms with Gasteiger partial charge in [0.1, 0.15) is 11.5 Å². The van der Waals surface area contributed by atoms with E-state index in [0.717, 1.165) is 35.3 Å². The van der Waals surface area contributed by atoms with E-state index in [0.29, 0.717) is 18.6 Å². The monoisotopic (exact) mass is 388 g/mol. The first kappa shape index (κ1) is 20.7. The van der Waals surface area contributed by atoms with Crippen molar-refractivity contribution < 1.29 is 14.3 Å². The zero-order valence-electron chi connectivity index (χ0n) is 17.4. The van der Waals surface area contributed by atoms with E-state index in [1.165, 1.54) is 11.1 Å². The van der Waals surface area contributed by atoms with Gasteiger partial charge >= 0.3 is 5.97 Å². The Labute approximate surface area is 173 Å². The first-order valence-corrected chi connectivity index (χ1v) is 10.2. The van der Waals surface area contributed by atoms with Crippen LogP contribution in [0.1, 0.15) is 37.0 Å². The minimum absolute atomic E-state index is 0.220. The Morgan fingerprint density at radius 3 is 2.03 bits per heavy atom. The molecule has 0 fully saturated rings. The van der Waals surface area contributed by atoms with Crippen LogP contribution in [0.25, 0.3) is 11.1 Å². The highest BCUT2D eigenvalue weighted by Gasteiger charge is 2.09. The van der Waals surface area contributed by atoms with E-state index in [1.54, 1.807) is 7.11 Å². The second-order valence-corrected chi connectivity index (χ2v) is 7.06. The van der Waals surface area contributed by atoms with Gasteiger partial charge in [0.2, 0.25) is 0 Å². The SMILES string of the molecule is CCc1ccc(CCC(=O)Oc2ccc(-c3ccc(CC)cc3OC)cc2)cc1. The number of methoxy groups -OCH3 is 1. The fourth-order valence-corrected chi connectivity index (χ4v) is 3.27. The van der Waals surface area contributed by atoms with Crippen LogP contribution in [0.5, 0.6) is 11.5 Å². The van der Waals surface area contributed by atoms with Gasteiger partial charge in [0.05, 0.1) is 7.11 Å². The Morgan fingerprint density at radius 1 is 0.793 bits per heavy atom. The molecule has 0 aliphatic heterocycles. The molecule has 0 saturated heterocycles. The molecule has 0 saturated carbocycles. The smallest absolute Gasteiger partial charge is 0.311 e. The molecule has 0 N–H and O–H groups in total. The lowest BCUT2D eigenvalue weighted by Gasteiger charge is -2.11. The third-order valence-corrected chi connectivity index (χ3v) is 5.12. The number of hydrogen-bond acceptors (Lipinski definition) is 3. The van der Waals surface area contributed by atoms with Gasteiger partial charge in [-0.05, 0) is 59.7 Å². The van der Waals surface area contributed by atoms with Gasteiger partial charge in [-0.1, -0.05) is 62.4 Å². The van der Waals surface area contributed by atoms with E-state index in [2.05, 4.69) is 56.3 Å².